The quantitative estimate of drug-likeness (QED) is 0.695. The van der Waals surface area contributed by atoms with Crippen molar-refractivity contribution in [3.63, 3.8) is 0 Å². The monoisotopic (exact) mass is 194 g/mol. The van der Waals surface area contributed by atoms with Crippen LogP contribution in [0, 0.1) is 16.7 Å². The first kappa shape index (κ1) is 10.6. The highest BCUT2D eigenvalue weighted by atomic mass is 16.5. The molecule has 14 heavy (non-hydrogen) atoms. The minimum absolute atomic E-state index is 0.148. The van der Waals surface area contributed by atoms with E-state index in [4.69, 9.17) is 15.7 Å². The van der Waals surface area contributed by atoms with E-state index in [0.29, 0.717) is 6.61 Å². The Morgan fingerprint density at radius 2 is 2.21 bits per heavy atom. The summed E-state index contributed by atoms with van der Waals surface area (Å²) < 4.78 is 4.80. The molecule has 0 aromatic carbocycles. The Kier molecular flexibility index (Phi) is 3.52. The molecule has 1 aliphatic rings. The second-order valence-corrected chi connectivity index (χ2v) is 3.64. The van der Waals surface area contributed by atoms with Gasteiger partial charge in [-0.1, -0.05) is 18.9 Å². The number of ether oxygens (including phenoxy) is 1. The molecule has 4 heteroatoms. The molecule has 4 nitrogen and oxygen atoms in total. The Hall–Kier alpha value is -1.50. The van der Waals surface area contributed by atoms with Gasteiger partial charge in [0.1, 0.15) is 6.61 Å². The highest BCUT2D eigenvalue weighted by molar-refractivity contribution is 5.64. The fraction of sp³-hybridized carbons (Fsp3) is 0.600. The molecule has 1 amide bonds. The van der Waals surface area contributed by atoms with Gasteiger partial charge in [-0.15, -0.1) is 0 Å². The summed E-state index contributed by atoms with van der Waals surface area (Å²) in [6.07, 6.45) is 6.67. The SMILES string of the molecule is N#C/C=C\C1(COC(N)=O)CCCC1. The smallest absolute Gasteiger partial charge is 0.404 e. The van der Waals surface area contributed by atoms with Crippen molar-refractivity contribution in [2.75, 3.05) is 6.61 Å². The van der Waals surface area contributed by atoms with E-state index >= 15 is 0 Å². The normalized spacial score (nSPS) is 19.4. The van der Waals surface area contributed by atoms with Crippen LogP contribution < -0.4 is 5.73 Å². The van der Waals surface area contributed by atoms with E-state index in [0.717, 1.165) is 25.7 Å². The summed E-state index contributed by atoms with van der Waals surface area (Å²) in [5, 5.41) is 8.45. The first-order valence-electron chi connectivity index (χ1n) is 4.68. The van der Waals surface area contributed by atoms with Crippen LogP contribution in [-0.4, -0.2) is 12.7 Å². The minimum atomic E-state index is -0.748. The third-order valence-electron chi connectivity index (χ3n) is 2.61. The molecule has 1 fully saturated rings. The number of carbonyl (C=O) groups excluding carboxylic acids is 1. The molecule has 0 radical (unpaired) electrons. The third kappa shape index (κ3) is 2.77. The third-order valence-corrected chi connectivity index (χ3v) is 2.61. The number of nitrogens with two attached hydrogens (primary N) is 1. The highest BCUT2D eigenvalue weighted by Gasteiger charge is 2.32. The van der Waals surface area contributed by atoms with Gasteiger partial charge in [0.25, 0.3) is 0 Å². The van der Waals surface area contributed by atoms with Crippen LogP contribution in [0.1, 0.15) is 25.7 Å². The van der Waals surface area contributed by atoms with Crippen LogP contribution in [0.5, 0.6) is 0 Å². The lowest BCUT2D eigenvalue weighted by atomic mass is 9.87. The molecular formula is C10H14N2O2. The number of hydrogen-bond acceptors (Lipinski definition) is 3. The molecule has 0 atom stereocenters. The molecule has 0 spiro atoms. The van der Waals surface area contributed by atoms with E-state index in [1.807, 2.05) is 12.1 Å². The Balaban J connectivity index is 2.58. The van der Waals surface area contributed by atoms with Gasteiger partial charge in [0.05, 0.1) is 6.07 Å². The standard InChI is InChI=1S/C10H14N2O2/c11-7-3-6-10(4-1-2-5-10)8-14-9(12)13/h3,6H,1-2,4-5,8H2,(H2,12,13)/b6-3-. The number of allylic oxidation sites excluding steroid dienone is 1. The van der Waals surface area contributed by atoms with Gasteiger partial charge in [0, 0.05) is 11.5 Å². The maximum atomic E-state index is 10.5. The molecular weight excluding hydrogens is 180 g/mol. The number of carbonyl (C=O) groups is 1. The van der Waals surface area contributed by atoms with Gasteiger partial charge < -0.3 is 10.5 Å². The van der Waals surface area contributed by atoms with Gasteiger partial charge in [0.15, 0.2) is 0 Å². The van der Waals surface area contributed by atoms with Crippen LogP contribution in [0.15, 0.2) is 12.2 Å². The number of primary amides is 1. The maximum absolute atomic E-state index is 10.5. The Labute approximate surface area is 83.3 Å². The molecule has 76 valence electrons. The summed E-state index contributed by atoms with van der Waals surface area (Å²) >= 11 is 0. The van der Waals surface area contributed by atoms with Crippen molar-refractivity contribution in [3.05, 3.63) is 12.2 Å². The predicted octanol–water partition coefficient (Wildman–Crippen LogP) is 1.72. The van der Waals surface area contributed by atoms with Gasteiger partial charge >= 0.3 is 6.09 Å². The molecule has 0 unspecified atom stereocenters. The van der Waals surface area contributed by atoms with E-state index in [-0.39, 0.29) is 5.41 Å². The Morgan fingerprint density at radius 1 is 1.57 bits per heavy atom. The number of rotatable bonds is 3. The van der Waals surface area contributed by atoms with Crippen LogP contribution in [0.2, 0.25) is 0 Å². The highest BCUT2D eigenvalue weighted by Crippen LogP contribution is 2.39. The van der Waals surface area contributed by atoms with E-state index in [2.05, 4.69) is 0 Å². The molecule has 1 rings (SSSR count). The van der Waals surface area contributed by atoms with Crippen LogP contribution >= 0.6 is 0 Å². The van der Waals surface area contributed by atoms with Crippen molar-refractivity contribution in [2.24, 2.45) is 11.1 Å². The topological polar surface area (TPSA) is 76.1 Å². The first-order valence-corrected chi connectivity index (χ1v) is 4.68. The zero-order valence-corrected chi connectivity index (χ0v) is 8.03. The van der Waals surface area contributed by atoms with Crippen LogP contribution in [-0.2, 0) is 4.74 Å². The van der Waals surface area contributed by atoms with Gasteiger partial charge in [-0.05, 0) is 12.8 Å². The summed E-state index contributed by atoms with van der Waals surface area (Å²) in [5.41, 5.74) is 4.76. The molecule has 0 aromatic rings. The first-order chi connectivity index (χ1) is 6.68. The van der Waals surface area contributed by atoms with Gasteiger partial charge in [-0.25, -0.2) is 4.79 Å². The average molecular weight is 194 g/mol. The number of amides is 1. The van der Waals surface area contributed by atoms with Crippen molar-refractivity contribution >= 4 is 6.09 Å². The van der Waals surface area contributed by atoms with Crippen molar-refractivity contribution < 1.29 is 9.53 Å². The number of hydrogen-bond donors (Lipinski definition) is 1. The van der Waals surface area contributed by atoms with Gasteiger partial charge in [0.2, 0.25) is 0 Å². The molecule has 2 N–H and O–H groups in total. The fourth-order valence-corrected chi connectivity index (χ4v) is 1.87. The molecule has 1 aliphatic carbocycles. The summed E-state index contributed by atoms with van der Waals surface area (Å²) in [4.78, 5) is 10.5. The fourth-order valence-electron chi connectivity index (χ4n) is 1.87. The zero-order chi connectivity index (χ0) is 10.4. The Bertz CT molecular complexity index is 272. The maximum Gasteiger partial charge on any atom is 0.404 e. The lowest BCUT2D eigenvalue weighted by Crippen LogP contribution is -2.25. The average Bonchev–Trinajstić information content (AvgIpc) is 2.61. The zero-order valence-electron chi connectivity index (χ0n) is 8.03. The molecule has 0 saturated heterocycles. The summed E-state index contributed by atoms with van der Waals surface area (Å²) in [7, 11) is 0. The largest absolute Gasteiger partial charge is 0.449 e. The predicted molar refractivity (Wildman–Crippen MR) is 51.2 cm³/mol. The van der Waals surface area contributed by atoms with E-state index in [1.54, 1.807) is 0 Å². The molecule has 1 saturated carbocycles. The molecule has 0 bridgehead atoms. The van der Waals surface area contributed by atoms with E-state index < -0.39 is 6.09 Å². The van der Waals surface area contributed by atoms with Gasteiger partial charge in [-0.2, -0.15) is 5.26 Å². The summed E-state index contributed by atoms with van der Waals surface area (Å²) in [6.45, 7) is 0.292. The minimum Gasteiger partial charge on any atom is -0.449 e. The van der Waals surface area contributed by atoms with Crippen LogP contribution in [0.4, 0.5) is 4.79 Å². The second kappa shape index (κ2) is 4.66. The van der Waals surface area contributed by atoms with Crippen molar-refractivity contribution in [1.82, 2.24) is 0 Å². The molecule has 0 aromatic heterocycles. The summed E-state index contributed by atoms with van der Waals surface area (Å²) in [6, 6.07) is 1.95. The van der Waals surface area contributed by atoms with Crippen molar-refractivity contribution in [3.8, 4) is 6.07 Å². The van der Waals surface area contributed by atoms with Gasteiger partial charge in [-0.3, -0.25) is 0 Å². The Morgan fingerprint density at radius 3 is 2.71 bits per heavy atom. The number of nitriles is 1. The van der Waals surface area contributed by atoms with Crippen molar-refractivity contribution in [2.45, 2.75) is 25.7 Å². The number of nitrogens with zero attached hydrogens (tertiary/aromatic N) is 1. The van der Waals surface area contributed by atoms with E-state index in [1.165, 1.54) is 6.08 Å². The van der Waals surface area contributed by atoms with Crippen LogP contribution in [0.3, 0.4) is 0 Å². The lowest BCUT2D eigenvalue weighted by molar-refractivity contribution is 0.114. The second-order valence-electron chi connectivity index (χ2n) is 3.64. The summed E-state index contributed by atoms with van der Waals surface area (Å²) in [5.74, 6) is 0. The van der Waals surface area contributed by atoms with Crippen molar-refractivity contribution in [1.29, 1.82) is 5.26 Å². The lowest BCUT2D eigenvalue weighted by Gasteiger charge is -2.23. The molecule has 0 aliphatic heterocycles. The van der Waals surface area contributed by atoms with Crippen LogP contribution in [0.25, 0.3) is 0 Å². The van der Waals surface area contributed by atoms with E-state index in [9.17, 15) is 4.79 Å². The molecule has 0 heterocycles.